The number of anilines is 1. The molecular formula is C20H23FN3OS+. The van der Waals surface area contributed by atoms with Gasteiger partial charge in [-0.1, -0.05) is 25.1 Å². The number of hydrogen-bond acceptors (Lipinski definition) is 3. The third kappa shape index (κ3) is 4.12. The summed E-state index contributed by atoms with van der Waals surface area (Å²) in [5.41, 5.74) is 2.33. The number of carbonyl (C=O) groups excluding carboxylic acids is 1. The second kappa shape index (κ2) is 7.98. The molecule has 1 aliphatic rings. The lowest BCUT2D eigenvalue weighted by atomic mass is 9.89. The number of quaternary nitrogens is 1. The summed E-state index contributed by atoms with van der Waals surface area (Å²) in [6, 6.07) is 8.88. The van der Waals surface area contributed by atoms with Crippen LogP contribution in [-0.4, -0.2) is 19.5 Å². The van der Waals surface area contributed by atoms with E-state index in [0.29, 0.717) is 28.6 Å². The predicted molar refractivity (Wildman–Crippen MR) is 101 cm³/mol. The normalized spacial score (nSPS) is 17.2. The Labute approximate surface area is 157 Å². The largest absolute Gasteiger partial charge is 0.326 e. The Hall–Kier alpha value is -2.23. The average Bonchev–Trinajstić information content (AvgIpc) is 2.92. The van der Waals surface area contributed by atoms with Gasteiger partial charge in [0.15, 0.2) is 6.54 Å². The van der Waals surface area contributed by atoms with Gasteiger partial charge in [-0.15, -0.1) is 11.3 Å². The summed E-state index contributed by atoms with van der Waals surface area (Å²) >= 11 is 1.53. The van der Waals surface area contributed by atoms with Crippen molar-refractivity contribution in [1.29, 1.82) is 5.26 Å². The maximum absolute atomic E-state index is 13.7. The Balaban J connectivity index is 1.65. The Bertz CT molecular complexity index is 855. The van der Waals surface area contributed by atoms with Gasteiger partial charge in [0.1, 0.15) is 23.4 Å². The van der Waals surface area contributed by atoms with Crippen molar-refractivity contribution in [2.24, 2.45) is 5.92 Å². The SMILES string of the molecule is C[C@H]1CCc2c(sc(NC(=O)C[NH+](C)Cc3ccccc3F)c2C#N)C1. The number of likely N-dealkylation sites (N-methyl/N-ethyl adjacent to an activating group) is 1. The van der Waals surface area contributed by atoms with Crippen LogP contribution in [0.4, 0.5) is 9.39 Å². The fourth-order valence-electron chi connectivity index (χ4n) is 3.43. The van der Waals surface area contributed by atoms with Gasteiger partial charge >= 0.3 is 0 Å². The Morgan fingerprint density at radius 3 is 2.96 bits per heavy atom. The Kier molecular flexibility index (Phi) is 5.70. The topological polar surface area (TPSA) is 57.3 Å². The maximum Gasteiger partial charge on any atom is 0.280 e. The molecule has 3 rings (SSSR count). The van der Waals surface area contributed by atoms with Crippen LogP contribution in [0, 0.1) is 23.1 Å². The van der Waals surface area contributed by atoms with E-state index < -0.39 is 0 Å². The zero-order valence-corrected chi connectivity index (χ0v) is 15.9. The van der Waals surface area contributed by atoms with E-state index >= 15 is 0 Å². The number of thiophene rings is 1. The first kappa shape index (κ1) is 18.6. The van der Waals surface area contributed by atoms with Crippen LogP contribution in [0.3, 0.4) is 0 Å². The van der Waals surface area contributed by atoms with Crippen LogP contribution in [0.5, 0.6) is 0 Å². The molecule has 0 saturated heterocycles. The molecule has 0 saturated carbocycles. The highest BCUT2D eigenvalue weighted by atomic mass is 32.1. The van der Waals surface area contributed by atoms with Gasteiger partial charge in [-0.3, -0.25) is 4.79 Å². The summed E-state index contributed by atoms with van der Waals surface area (Å²) in [4.78, 5) is 14.5. The van der Waals surface area contributed by atoms with Gasteiger partial charge in [0.2, 0.25) is 0 Å². The van der Waals surface area contributed by atoms with Crippen molar-refractivity contribution in [1.82, 2.24) is 0 Å². The fraction of sp³-hybridized carbons (Fsp3) is 0.400. The maximum atomic E-state index is 13.7. The highest BCUT2D eigenvalue weighted by molar-refractivity contribution is 7.16. The van der Waals surface area contributed by atoms with E-state index in [4.69, 9.17) is 0 Å². The number of rotatable bonds is 5. The third-order valence-electron chi connectivity index (χ3n) is 4.79. The van der Waals surface area contributed by atoms with Crippen molar-refractivity contribution in [2.75, 3.05) is 18.9 Å². The van der Waals surface area contributed by atoms with E-state index in [1.807, 2.05) is 7.05 Å². The number of benzene rings is 1. The molecule has 4 nitrogen and oxygen atoms in total. The molecule has 1 aromatic carbocycles. The highest BCUT2D eigenvalue weighted by Gasteiger charge is 2.25. The zero-order valence-electron chi connectivity index (χ0n) is 15.1. The smallest absolute Gasteiger partial charge is 0.280 e. The summed E-state index contributed by atoms with van der Waals surface area (Å²) in [5.74, 6) is 0.216. The van der Waals surface area contributed by atoms with Crippen LogP contribution in [0.1, 0.15) is 34.9 Å². The first-order valence-corrected chi connectivity index (χ1v) is 9.68. The van der Waals surface area contributed by atoms with E-state index in [0.717, 1.165) is 29.7 Å². The van der Waals surface area contributed by atoms with E-state index in [-0.39, 0.29) is 18.3 Å². The number of carbonyl (C=O) groups is 1. The van der Waals surface area contributed by atoms with Crippen molar-refractivity contribution in [2.45, 2.75) is 32.7 Å². The quantitative estimate of drug-likeness (QED) is 0.847. The van der Waals surface area contributed by atoms with Crippen LogP contribution in [0.25, 0.3) is 0 Å². The highest BCUT2D eigenvalue weighted by Crippen LogP contribution is 2.39. The molecule has 2 aromatic rings. The molecule has 1 amide bonds. The standard InChI is InChI=1S/C20H22FN3OS/c1-13-7-8-15-16(10-22)20(26-18(15)9-13)23-19(25)12-24(2)11-14-5-3-4-6-17(14)21/h3-6,13H,7-9,11-12H2,1-2H3,(H,23,25)/p+1/t13-/m0/s1. The van der Waals surface area contributed by atoms with E-state index in [1.54, 1.807) is 18.2 Å². The van der Waals surface area contributed by atoms with Crippen molar-refractivity contribution in [3.8, 4) is 6.07 Å². The fourth-order valence-corrected chi connectivity index (χ4v) is 4.81. The number of amides is 1. The zero-order chi connectivity index (χ0) is 18.7. The molecule has 1 aliphatic carbocycles. The van der Waals surface area contributed by atoms with Crippen molar-refractivity contribution >= 4 is 22.2 Å². The molecule has 0 fully saturated rings. The summed E-state index contributed by atoms with van der Waals surface area (Å²) in [7, 11) is 1.86. The molecule has 0 aliphatic heterocycles. The van der Waals surface area contributed by atoms with Crippen LogP contribution in [0.2, 0.25) is 0 Å². The van der Waals surface area contributed by atoms with E-state index in [9.17, 15) is 14.4 Å². The van der Waals surface area contributed by atoms with Gasteiger partial charge in [0.05, 0.1) is 12.6 Å². The van der Waals surface area contributed by atoms with Gasteiger partial charge in [-0.05, 0) is 36.8 Å². The first-order valence-electron chi connectivity index (χ1n) is 8.87. The monoisotopic (exact) mass is 372 g/mol. The molecule has 136 valence electrons. The molecule has 0 bridgehead atoms. The molecule has 1 heterocycles. The van der Waals surface area contributed by atoms with Gasteiger partial charge in [-0.2, -0.15) is 5.26 Å². The Morgan fingerprint density at radius 1 is 1.46 bits per heavy atom. The first-order chi connectivity index (χ1) is 12.5. The molecule has 0 radical (unpaired) electrons. The molecule has 0 spiro atoms. The molecule has 2 N–H and O–H groups in total. The van der Waals surface area contributed by atoms with Crippen LogP contribution in [-0.2, 0) is 24.2 Å². The van der Waals surface area contributed by atoms with E-state index in [1.165, 1.54) is 22.3 Å². The molecule has 1 unspecified atom stereocenters. The lowest BCUT2D eigenvalue weighted by molar-refractivity contribution is -0.885. The number of halogens is 1. The number of nitrogens with one attached hydrogen (secondary N) is 2. The van der Waals surface area contributed by atoms with Crippen molar-refractivity contribution < 1.29 is 14.1 Å². The molecule has 26 heavy (non-hydrogen) atoms. The minimum absolute atomic E-state index is 0.151. The van der Waals surface area contributed by atoms with Crippen molar-refractivity contribution in [3.63, 3.8) is 0 Å². The molecule has 2 atom stereocenters. The molecule has 1 aromatic heterocycles. The van der Waals surface area contributed by atoms with Gasteiger partial charge in [-0.25, -0.2) is 4.39 Å². The number of fused-ring (bicyclic) bond motifs is 1. The lowest BCUT2D eigenvalue weighted by Crippen LogP contribution is -3.08. The third-order valence-corrected chi connectivity index (χ3v) is 5.96. The summed E-state index contributed by atoms with van der Waals surface area (Å²) in [6.45, 7) is 2.87. The predicted octanol–water partition coefficient (Wildman–Crippen LogP) is 2.54. The summed E-state index contributed by atoms with van der Waals surface area (Å²) in [5, 5.41) is 13.1. The van der Waals surface area contributed by atoms with Crippen LogP contribution >= 0.6 is 11.3 Å². The minimum Gasteiger partial charge on any atom is -0.326 e. The number of hydrogen-bond donors (Lipinski definition) is 2. The van der Waals surface area contributed by atoms with E-state index in [2.05, 4.69) is 18.3 Å². The molecule has 6 heteroatoms. The minimum atomic E-state index is -0.251. The van der Waals surface area contributed by atoms with Gasteiger partial charge in [0.25, 0.3) is 5.91 Å². The number of nitriles is 1. The molecular weight excluding hydrogens is 349 g/mol. The summed E-state index contributed by atoms with van der Waals surface area (Å²) < 4.78 is 13.7. The number of nitrogens with zero attached hydrogens (tertiary/aromatic N) is 1. The second-order valence-electron chi connectivity index (χ2n) is 7.12. The van der Waals surface area contributed by atoms with Gasteiger partial charge in [0, 0.05) is 10.4 Å². The summed E-state index contributed by atoms with van der Waals surface area (Å²) in [6.07, 6.45) is 2.97. The van der Waals surface area contributed by atoms with Crippen molar-refractivity contribution in [3.05, 3.63) is 51.7 Å². The van der Waals surface area contributed by atoms with Crippen LogP contribution < -0.4 is 10.2 Å². The lowest BCUT2D eigenvalue weighted by Gasteiger charge is -2.17. The Morgan fingerprint density at radius 2 is 2.23 bits per heavy atom. The van der Waals surface area contributed by atoms with Crippen LogP contribution in [0.15, 0.2) is 24.3 Å². The second-order valence-corrected chi connectivity index (χ2v) is 8.22. The van der Waals surface area contributed by atoms with Gasteiger partial charge < -0.3 is 10.2 Å². The average molecular weight is 372 g/mol.